The van der Waals surface area contributed by atoms with Crippen LogP contribution in [0, 0.1) is 6.92 Å². The highest BCUT2D eigenvalue weighted by molar-refractivity contribution is 5.97. The highest BCUT2D eigenvalue weighted by Gasteiger charge is 2.22. The van der Waals surface area contributed by atoms with Crippen LogP contribution in [0.1, 0.15) is 28.5 Å². The largest absolute Gasteiger partial charge is 0.465 e. The summed E-state index contributed by atoms with van der Waals surface area (Å²) in [5, 5.41) is 2.57. The molecule has 1 unspecified atom stereocenters. The number of rotatable bonds is 7. The van der Waals surface area contributed by atoms with Crippen molar-refractivity contribution in [2.45, 2.75) is 20.0 Å². The zero-order valence-electron chi connectivity index (χ0n) is 19.3. The van der Waals surface area contributed by atoms with E-state index in [9.17, 15) is 19.2 Å². The van der Waals surface area contributed by atoms with Crippen LogP contribution in [0.15, 0.2) is 65.5 Å². The van der Waals surface area contributed by atoms with Crippen molar-refractivity contribution in [3.63, 3.8) is 0 Å². The molecule has 0 saturated heterocycles. The van der Waals surface area contributed by atoms with E-state index in [1.54, 1.807) is 55.1 Å². The summed E-state index contributed by atoms with van der Waals surface area (Å²) in [4.78, 5) is 49.1. The molecule has 1 heterocycles. The van der Waals surface area contributed by atoms with Gasteiger partial charge in [0.25, 0.3) is 11.5 Å². The van der Waals surface area contributed by atoms with Crippen molar-refractivity contribution in [1.29, 1.82) is 0 Å². The number of anilines is 1. The van der Waals surface area contributed by atoms with Gasteiger partial charge in [-0.25, -0.2) is 14.3 Å². The third-order valence-corrected chi connectivity index (χ3v) is 5.21. The van der Waals surface area contributed by atoms with Crippen LogP contribution in [-0.2, 0) is 26.1 Å². The molecule has 3 aromatic rings. The molecule has 0 bridgehead atoms. The Kier molecular flexibility index (Phi) is 7.47. The van der Waals surface area contributed by atoms with E-state index in [1.807, 2.05) is 18.2 Å². The molecule has 9 heteroatoms. The van der Waals surface area contributed by atoms with E-state index in [0.29, 0.717) is 22.5 Å². The highest BCUT2D eigenvalue weighted by atomic mass is 16.5. The second-order valence-electron chi connectivity index (χ2n) is 7.45. The predicted molar refractivity (Wildman–Crippen MR) is 127 cm³/mol. The molecule has 0 saturated carbocycles. The lowest BCUT2D eigenvalue weighted by Crippen LogP contribution is -2.31. The molecule has 2 aromatic carbocycles. The van der Waals surface area contributed by atoms with Gasteiger partial charge in [-0.3, -0.25) is 14.3 Å². The lowest BCUT2D eigenvalue weighted by atomic mass is 10.1. The van der Waals surface area contributed by atoms with Crippen LogP contribution in [0.25, 0.3) is 11.8 Å². The van der Waals surface area contributed by atoms with Gasteiger partial charge >= 0.3 is 11.9 Å². The van der Waals surface area contributed by atoms with Gasteiger partial charge in [0.05, 0.1) is 24.1 Å². The summed E-state index contributed by atoms with van der Waals surface area (Å²) in [5.74, 6) is -1.82. The maximum atomic E-state index is 12.9. The van der Waals surface area contributed by atoms with Gasteiger partial charge in [-0.2, -0.15) is 0 Å². The first-order valence-electron chi connectivity index (χ1n) is 10.4. The summed E-state index contributed by atoms with van der Waals surface area (Å²) in [5.41, 5.74) is 1.96. The highest BCUT2D eigenvalue weighted by Crippen LogP contribution is 2.15. The van der Waals surface area contributed by atoms with Gasteiger partial charge in [-0.1, -0.05) is 30.3 Å². The Morgan fingerprint density at radius 3 is 2.29 bits per heavy atom. The molecule has 3 rings (SSSR count). The van der Waals surface area contributed by atoms with Crippen LogP contribution in [0.2, 0.25) is 0 Å². The van der Waals surface area contributed by atoms with Gasteiger partial charge in [0.15, 0.2) is 6.10 Å². The maximum absolute atomic E-state index is 12.9. The second kappa shape index (κ2) is 10.5. The smallest absolute Gasteiger partial charge is 0.337 e. The number of methoxy groups -OCH3 is 1. The molecule has 1 aromatic heterocycles. The Bertz CT molecular complexity index is 1290. The lowest BCUT2D eigenvalue weighted by molar-refractivity contribution is -0.148. The number of nitrogens with zero attached hydrogens (tertiary/aromatic N) is 2. The van der Waals surface area contributed by atoms with Gasteiger partial charge < -0.3 is 14.8 Å². The van der Waals surface area contributed by atoms with E-state index < -0.39 is 29.5 Å². The average Bonchev–Trinajstić information content (AvgIpc) is 3.05. The topological polar surface area (TPSA) is 109 Å². The number of nitrogens with one attached hydrogen (secondary N) is 1. The molecule has 0 fully saturated rings. The minimum absolute atomic E-state index is 0.112. The fourth-order valence-electron chi connectivity index (χ4n) is 3.22. The summed E-state index contributed by atoms with van der Waals surface area (Å²) >= 11 is 0. The summed E-state index contributed by atoms with van der Waals surface area (Å²) in [6.45, 7) is 3.13. The SMILES string of the molecule is COC(=O)c1ccc(/C=C/C(=O)OC(C)C(=O)Nc2c(C)n(C)n(-c3ccccc3)c2=O)cc1. The van der Waals surface area contributed by atoms with Crippen LogP contribution >= 0.6 is 0 Å². The fraction of sp³-hybridized carbons (Fsp3) is 0.200. The number of esters is 2. The summed E-state index contributed by atoms with van der Waals surface area (Å²) in [6, 6.07) is 15.4. The fourth-order valence-corrected chi connectivity index (χ4v) is 3.22. The van der Waals surface area contributed by atoms with Crippen LogP contribution in [0.3, 0.4) is 0 Å². The number of aromatic nitrogens is 2. The molecule has 1 amide bonds. The minimum atomic E-state index is -1.14. The molecular formula is C25H25N3O6. The van der Waals surface area contributed by atoms with Gasteiger partial charge in [-0.05, 0) is 49.8 Å². The lowest BCUT2D eigenvalue weighted by Gasteiger charge is -2.11. The number of hydrogen-bond acceptors (Lipinski definition) is 6. The summed E-state index contributed by atoms with van der Waals surface area (Å²) in [6.07, 6.45) is 1.53. The molecule has 0 aliphatic rings. The standard InChI is InChI=1S/C25H25N3O6/c1-16-22(24(31)28(27(16)3)20-8-6-5-7-9-20)26-23(30)17(2)34-21(29)15-12-18-10-13-19(14-11-18)25(32)33-4/h5-15,17H,1-4H3,(H,26,30)/b15-12+. The van der Waals surface area contributed by atoms with E-state index in [4.69, 9.17) is 4.74 Å². The first-order chi connectivity index (χ1) is 16.2. The number of amides is 1. The monoisotopic (exact) mass is 463 g/mol. The maximum Gasteiger partial charge on any atom is 0.337 e. The molecule has 34 heavy (non-hydrogen) atoms. The number of carbonyl (C=O) groups is 3. The van der Waals surface area contributed by atoms with Gasteiger partial charge in [-0.15, -0.1) is 0 Å². The number of hydrogen-bond donors (Lipinski definition) is 1. The van der Waals surface area contributed by atoms with Crippen LogP contribution < -0.4 is 10.9 Å². The Morgan fingerprint density at radius 2 is 1.68 bits per heavy atom. The third-order valence-electron chi connectivity index (χ3n) is 5.21. The predicted octanol–water partition coefficient (Wildman–Crippen LogP) is 2.85. The van der Waals surface area contributed by atoms with Crippen LogP contribution in [0.5, 0.6) is 0 Å². The molecule has 0 radical (unpaired) electrons. The van der Waals surface area contributed by atoms with Crippen molar-refractivity contribution in [2.75, 3.05) is 12.4 Å². The van der Waals surface area contributed by atoms with Crippen molar-refractivity contribution in [3.05, 3.63) is 87.8 Å². The number of carbonyl (C=O) groups excluding carboxylic acids is 3. The van der Waals surface area contributed by atoms with Gasteiger partial charge in [0, 0.05) is 13.1 Å². The summed E-state index contributed by atoms with van der Waals surface area (Å²) in [7, 11) is 3.01. The molecule has 9 nitrogen and oxygen atoms in total. The molecule has 1 N–H and O–H groups in total. The van der Waals surface area contributed by atoms with E-state index >= 15 is 0 Å². The van der Waals surface area contributed by atoms with Crippen LogP contribution in [-0.4, -0.2) is 40.4 Å². The van der Waals surface area contributed by atoms with Crippen molar-refractivity contribution in [2.24, 2.45) is 7.05 Å². The number of benzene rings is 2. The molecule has 0 aliphatic heterocycles. The second-order valence-corrected chi connectivity index (χ2v) is 7.45. The average molecular weight is 463 g/mol. The number of ether oxygens (including phenoxy) is 2. The summed E-state index contributed by atoms with van der Waals surface area (Å²) < 4.78 is 12.9. The van der Waals surface area contributed by atoms with Gasteiger partial charge in [0.1, 0.15) is 5.69 Å². The molecule has 176 valence electrons. The van der Waals surface area contributed by atoms with Crippen molar-refractivity contribution >= 4 is 29.6 Å². The first kappa shape index (κ1) is 24.2. The van der Waals surface area contributed by atoms with Crippen molar-refractivity contribution in [1.82, 2.24) is 9.36 Å². The minimum Gasteiger partial charge on any atom is -0.465 e. The van der Waals surface area contributed by atoms with Crippen molar-refractivity contribution < 1.29 is 23.9 Å². The Balaban J connectivity index is 1.65. The van der Waals surface area contributed by atoms with E-state index in [1.165, 1.54) is 30.9 Å². The third kappa shape index (κ3) is 5.32. The van der Waals surface area contributed by atoms with E-state index in [-0.39, 0.29) is 5.69 Å². The molecular weight excluding hydrogens is 438 g/mol. The quantitative estimate of drug-likeness (QED) is 0.426. The molecule has 1 atom stereocenters. The Hall–Kier alpha value is -4.40. The van der Waals surface area contributed by atoms with Gasteiger partial charge in [0.2, 0.25) is 0 Å². The van der Waals surface area contributed by atoms with Crippen molar-refractivity contribution in [3.8, 4) is 5.69 Å². The Labute approximate surface area is 196 Å². The number of para-hydroxylation sites is 1. The zero-order chi connectivity index (χ0) is 24.8. The molecule has 0 spiro atoms. The normalized spacial score (nSPS) is 11.8. The zero-order valence-corrected chi connectivity index (χ0v) is 19.3. The molecule has 0 aliphatic carbocycles. The Morgan fingerprint density at radius 1 is 1.03 bits per heavy atom. The van der Waals surface area contributed by atoms with E-state index in [2.05, 4.69) is 10.1 Å². The first-order valence-corrected chi connectivity index (χ1v) is 10.4. The van der Waals surface area contributed by atoms with E-state index in [0.717, 1.165) is 0 Å². The van der Waals surface area contributed by atoms with Crippen LogP contribution in [0.4, 0.5) is 5.69 Å².